The number of aliphatic hydroxyl groups excluding tert-OH is 1. The number of ether oxygens (including phenoxy) is 2. The maximum absolute atomic E-state index is 11.8. The van der Waals surface area contributed by atoms with E-state index in [0.29, 0.717) is 5.56 Å². The van der Waals surface area contributed by atoms with Crippen molar-refractivity contribution in [3.8, 4) is 0 Å². The molecule has 4 N–H and O–H groups in total. The Labute approximate surface area is 108 Å². The lowest BCUT2D eigenvalue weighted by Crippen LogP contribution is -2.39. The standard InChI is InChI=1S/C11H17N3O5/c1-5-4-14(11(17)13-9(5)16)10-8(18-2)7(15)6(3-12)19-10/h4,6-8,10,15H,3,12H2,1-2H3,(H,13,16,17)/t6-,7-,8-,10-/m1/s1. The number of hydrogen-bond donors (Lipinski definition) is 3. The number of aromatic amines is 1. The molecule has 0 spiro atoms. The van der Waals surface area contributed by atoms with Crippen LogP contribution in [0.15, 0.2) is 15.8 Å². The maximum atomic E-state index is 11.8. The molecule has 1 aromatic rings. The van der Waals surface area contributed by atoms with Crippen molar-refractivity contribution < 1.29 is 14.6 Å². The van der Waals surface area contributed by atoms with Crippen LogP contribution in [0.4, 0.5) is 0 Å². The lowest BCUT2D eigenvalue weighted by Gasteiger charge is -2.20. The van der Waals surface area contributed by atoms with Gasteiger partial charge in [-0.3, -0.25) is 14.3 Å². The second kappa shape index (κ2) is 5.25. The summed E-state index contributed by atoms with van der Waals surface area (Å²) in [5.74, 6) is 0. The van der Waals surface area contributed by atoms with Gasteiger partial charge in [-0.05, 0) is 6.92 Å². The number of nitrogens with one attached hydrogen (secondary N) is 1. The van der Waals surface area contributed by atoms with Gasteiger partial charge < -0.3 is 20.3 Å². The largest absolute Gasteiger partial charge is 0.387 e. The van der Waals surface area contributed by atoms with Crippen LogP contribution in [0, 0.1) is 6.92 Å². The number of aryl methyl sites for hydroxylation is 1. The molecule has 0 amide bonds. The molecule has 1 fully saturated rings. The van der Waals surface area contributed by atoms with Gasteiger partial charge in [0, 0.05) is 25.4 Å². The average molecular weight is 271 g/mol. The van der Waals surface area contributed by atoms with Gasteiger partial charge in [-0.15, -0.1) is 0 Å². The van der Waals surface area contributed by atoms with Gasteiger partial charge in [0.2, 0.25) is 0 Å². The summed E-state index contributed by atoms with van der Waals surface area (Å²) in [5.41, 5.74) is 4.78. The Kier molecular flexibility index (Phi) is 3.85. The Bertz CT molecular complexity index is 566. The highest BCUT2D eigenvalue weighted by Gasteiger charge is 2.44. The first-order valence-electron chi connectivity index (χ1n) is 5.88. The molecule has 0 aromatic carbocycles. The fourth-order valence-electron chi connectivity index (χ4n) is 2.17. The van der Waals surface area contributed by atoms with Crippen molar-refractivity contribution in [2.75, 3.05) is 13.7 Å². The molecule has 1 aliphatic heterocycles. The van der Waals surface area contributed by atoms with Crippen molar-refractivity contribution in [1.29, 1.82) is 0 Å². The molecule has 0 radical (unpaired) electrons. The summed E-state index contributed by atoms with van der Waals surface area (Å²) in [6.07, 6.45) is -1.72. The topological polar surface area (TPSA) is 120 Å². The first-order valence-corrected chi connectivity index (χ1v) is 5.88. The third kappa shape index (κ3) is 2.35. The quantitative estimate of drug-likeness (QED) is 0.589. The van der Waals surface area contributed by atoms with Gasteiger partial charge in [-0.2, -0.15) is 0 Å². The Hall–Kier alpha value is -1.48. The van der Waals surface area contributed by atoms with Crippen LogP contribution in [0.3, 0.4) is 0 Å². The Balaban J connectivity index is 2.44. The van der Waals surface area contributed by atoms with E-state index >= 15 is 0 Å². The van der Waals surface area contributed by atoms with Crippen LogP contribution >= 0.6 is 0 Å². The second-order valence-electron chi connectivity index (χ2n) is 4.47. The normalized spacial score (nSPS) is 30.7. The highest BCUT2D eigenvalue weighted by molar-refractivity contribution is 5.03. The van der Waals surface area contributed by atoms with E-state index in [1.165, 1.54) is 17.9 Å². The highest BCUT2D eigenvalue weighted by atomic mass is 16.6. The molecule has 4 atom stereocenters. The number of methoxy groups -OCH3 is 1. The molecule has 0 unspecified atom stereocenters. The maximum Gasteiger partial charge on any atom is 0.330 e. The molecule has 106 valence electrons. The Morgan fingerprint density at radius 1 is 1.58 bits per heavy atom. The van der Waals surface area contributed by atoms with Gasteiger partial charge in [0.25, 0.3) is 5.56 Å². The molecular weight excluding hydrogens is 254 g/mol. The molecule has 0 aliphatic carbocycles. The van der Waals surface area contributed by atoms with Crippen molar-refractivity contribution in [2.24, 2.45) is 5.73 Å². The SMILES string of the molecule is CO[C@@H]1[C@H](O)[C@@H](CN)O[C@H]1n1cc(C)c(=O)[nH]c1=O. The first kappa shape index (κ1) is 13.9. The molecular formula is C11H17N3O5. The molecule has 2 rings (SSSR count). The van der Waals surface area contributed by atoms with Crippen molar-refractivity contribution in [3.05, 3.63) is 32.6 Å². The van der Waals surface area contributed by atoms with E-state index in [-0.39, 0.29) is 6.54 Å². The summed E-state index contributed by atoms with van der Waals surface area (Å²) < 4.78 is 11.9. The number of H-pyrrole nitrogens is 1. The monoisotopic (exact) mass is 271 g/mol. The van der Waals surface area contributed by atoms with E-state index in [9.17, 15) is 14.7 Å². The summed E-state index contributed by atoms with van der Waals surface area (Å²) in [7, 11) is 1.41. The second-order valence-corrected chi connectivity index (χ2v) is 4.47. The predicted molar refractivity (Wildman–Crippen MR) is 65.8 cm³/mol. The number of aliphatic hydroxyl groups is 1. The number of nitrogens with zero attached hydrogens (tertiary/aromatic N) is 1. The van der Waals surface area contributed by atoms with Crippen LogP contribution in [0.5, 0.6) is 0 Å². The van der Waals surface area contributed by atoms with Crippen LogP contribution < -0.4 is 17.0 Å². The van der Waals surface area contributed by atoms with Gasteiger partial charge in [0.05, 0.1) is 0 Å². The molecule has 0 saturated carbocycles. The van der Waals surface area contributed by atoms with E-state index in [1.807, 2.05) is 0 Å². The van der Waals surface area contributed by atoms with Crippen LogP contribution in [-0.4, -0.2) is 46.6 Å². The summed E-state index contributed by atoms with van der Waals surface area (Å²) in [6, 6.07) is 0. The van der Waals surface area contributed by atoms with Crippen molar-refractivity contribution >= 4 is 0 Å². The molecule has 2 heterocycles. The minimum absolute atomic E-state index is 0.106. The number of aromatic nitrogens is 2. The molecule has 19 heavy (non-hydrogen) atoms. The molecule has 0 bridgehead atoms. The van der Waals surface area contributed by atoms with Crippen LogP contribution in [0.25, 0.3) is 0 Å². The van der Waals surface area contributed by atoms with Gasteiger partial charge in [0.1, 0.15) is 18.3 Å². The minimum Gasteiger partial charge on any atom is -0.387 e. The minimum atomic E-state index is -0.931. The smallest absolute Gasteiger partial charge is 0.330 e. The summed E-state index contributed by atoms with van der Waals surface area (Å²) in [6.45, 7) is 1.68. The molecule has 8 heteroatoms. The number of hydrogen-bond acceptors (Lipinski definition) is 6. The number of rotatable bonds is 3. The molecule has 1 aromatic heterocycles. The molecule has 1 saturated heterocycles. The first-order chi connectivity index (χ1) is 8.99. The zero-order valence-electron chi connectivity index (χ0n) is 10.7. The number of nitrogens with two attached hydrogens (primary N) is 1. The van der Waals surface area contributed by atoms with E-state index in [2.05, 4.69) is 4.98 Å². The fraction of sp³-hybridized carbons (Fsp3) is 0.636. The van der Waals surface area contributed by atoms with E-state index < -0.39 is 35.8 Å². The lowest BCUT2D eigenvalue weighted by molar-refractivity contribution is -0.0527. The summed E-state index contributed by atoms with van der Waals surface area (Å²) >= 11 is 0. The summed E-state index contributed by atoms with van der Waals surface area (Å²) in [5, 5.41) is 9.98. The average Bonchev–Trinajstić information content (AvgIpc) is 2.70. The van der Waals surface area contributed by atoms with Crippen molar-refractivity contribution in [1.82, 2.24) is 9.55 Å². The van der Waals surface area contributed by atoms with Crippen LogP contribution in [0.1, 0.15) is 11.8 Å². The van der Waals surface area contributed by atoms with Gasteiger partial charge in [0.15, 0.2) is 6.23 Å². The molecule has 8 nitrogen and oxygen atoms in total. The third-order valence-corrected chi connectivity index (χ3v) is 3.24. The van der Waals surface area contributed by atoms with Crippen LogP contribution in [-0.2, 0) is 9.47 Å². The van der Waals surface area contributed by atoms with E-state index in [4.69, 9.17) is 15.2 Å². The van der Waals surface area contributed by atoms with Gasteiger partial charge in [-0.1, -0.05) is 0 Å². The fourth-order valence-corrected chi connectivity index (χ4v) is 2.17. The van der Waals surface area contributed by atoms with Crippen molar-refractivity contribution in [3.63, 3.8) is 0 Å². The lowest BCUT2D eigenvalue weighted by atomic mass is 10.1. The van der Waals surface area contributed by atoms with Crippen LogP contribution in [0.2, 0.25) is 0 Å². The zero-order chi connectivity index (χ0) is 14.2. The molecule has 1 aliphatic rings. The zero-order valence-corrected chi connectivity index (χ0v) is 10.7. The van der Waals surface area contributed by atoms with E-state index in [0.717, 1.165) is 0 Å². The Morgan fingerprint density at radius 2 is 2.26 bits per heavy atom. The van der Waals surface area contributed by atoms with Gasteiger partial charge in [-0.25, -0.2) is 4.79 Å². The van der Waals surface area contributed by atoms with Gasteiger partial charge >= 0.3 is 5.69 Å². The highest BCUT2D eigenvalue weighted by Crippen LogP contribution is 2.29. The van der Waals surface area contributed by atoms with E-state index in [1.54, 1.807) is 6.92 Å². The third-order valence-electron chi connectivity index (χ3n) is 3.24. The Morgan fingerprint density at radius 3 is 2.84 bits per heavy atom. The predicted octanol–water partition coefficient (Wildman–Crippen LogP) is -1.92. The van der Waals surface area contributed by atoms with Crippen molar-refractivity contribution in [2.45, 2.75) is 31.5 Å². The summed E-state index contributed by atoms with van der Waals surface area (Å²) in [4.78, 5) is 25.3.